The molecule has 3 heterocycles. The van der Waals surface area contributed by atoms with Crippen LogP contribution in [0, 0.1) is 5.92 Å². The fraction of sp³-hybridized carbons (Fsp3) is 0.333. The summed E-state index contributed by atoms with van der Waals surface area (Å²) in [6.45, 7) is 6.94. The number of benzene rings is 2. The molecule has 2 aromatic carbocycles. The van der Waals surface area contributed by atoms with E-state index < -0.39 is 0 Å². The first kappa shape index (κ1) is 19.5. The minimum Gasteiger partial charge on any atom is -0.341 e. The summed E-state index contributed by atoms with van der Waals surface area (Å²) in [6.07, 6.45) is 0.900. The zero-order valence-electron chi connectivity index (χ0n) is 17.9. The first-order valence-electron chi connectivity index (χ1n) is 10.9. The highest BCUT2D eigenvalue weighted by atomic mass is 16.2. The molecule has 2 aromatic heterocycles. The maximum absolute atomic E-state index is 12.5. The molecule has 1 aliphatic rings. The third kappa shape index (κ3) is 3.50. The molecule has 0 bridgehead atoms. The normalized spacial score (nSPS) is 15.1. The van der Waals surface area contributed by atoms with Crippen molar-refractivity contribution in [1.82, 2.24) is 24.5 Å². The molecule has 1 fully saturated rings. The predicted molar refractivity (Wildman–Crippen MR) is 122 cm³/mol. The summed E-state index contributed by atoms with van der Waals surface area (Å²) >= 11 is 0. The third-order valence-electron chi connectivity index (χ3n) is 5.84. The second-order valence-electron chi connectivity index (χ2n) is 8.30. The van der Waals surface area contributed by atoms with Gasteiger partial charge in [-0.15, -0.1) is 10.2 Å². The van der Waals surface area contributed by atoms with Gasteiger partial charge < -0.3 is 9.80 Å². The van der Waals surface area contributed by atoms with Crippen LogP contribution in [0.4, 0.5) is 5.95 Å². The number of hydrogen-bond acceptors (Lipinski definition) is 5. The Balaban J connectivity index is 1.63. The lowest BCUT2D eigenvalue weighted by atomic mass is 10.2. The van der Waals surface area contributed by atoms with Crippen molar-refractivity contribution in [3.63, 3.8) is 0 Å². The molecule has 158 valence electrons. The smallest absolute Gasteiger partial charge is 0.225 e. The molecule has 4 aromatic rings. The average molecular weight is 415 g/mol. The van der Waals surface area contributed by atoms with Gasteiger partial charge in [-0.2, -0.15) is 0 Å². The van der Waals surface area contributed by atoms with Crippen LogP contribution in [0.2, 0.25) is 0 Å². The van der Waals surface area contributed by atoms with Gasteiger partial charge in [0, 0.05) is 43.0 Å². The van der Waals surface area contributed by atoms with Gasteiger partial charge in [0.15, 0.2) is 11.5 Å². The Labute approximate surface area is 181 Å². The van der Waals surface area contributed by atoms with E-state index in [9.17, 15) is 4.79 Å². The van der Waals surface area contributed by atoms with Crippen LogP contribution in [0.5, 0.6) is 0 Å². The number of carbonyl (C=O) groups is 1. The lowest BCUT2D eigenvalue weighted by molar-refractivity contribution is -0.134. The lowest BCUT2D eigenvalue weighted by Crippen LogP contribution is -2.38. The van der Waals surface area contributed by atoms with E-state index in [4.69, 9.17) is 4.98 Å². The molecule has 1 saturated heterocycles. The molecule has 0 radical (unpaired) electrons. The number of hydrogen-bond donors (Lipinski definition) is 0. The zero-order chi connectivity index (χ0) is 21.4. The quantitative estimate of drug-likeness (QED) is 0.512. The first-order chi connectivity index (χ1) is 15.1. The van der Waals surface area contributed by atoms with Crippen LogP contribution >= 0.6 is 0 Å². The molecule has 0 atom stereocenters. The van der Waals surface area contributed by atoms with Gasteiger partial charge in [-0.05, 0) is 18.6 Å². The van der Waals surface area contributed by atoms with Crippen LogP contribution in [0.15, 0.2) is 54.6 Å². The van der Waals surface area contributed by atoms with E-state index in [0.29, 0.717) is 6.54 Å². The Morgan fingerprint density at radius 2 is 1.68 bits per heavy atom. The van der Waals surface area contributed by atoms with E-state index in [1.807, 2.05) is 73.3 Å². The molecule has 7 nitrogen and oxygen atoms in total. The SMILES string of the molecule is CC(C)C(=O)N1CCCN(c2nc3ccccc3c3nnc(-c4ccccc4)n23)CC1. The molecule has 1 aliphatic heterocycles. The van der Waals surface area contributed by atoms with Crippen molar-refractivity contribution in [2.24, 2.45) is 5.92 Å². The maximum Gasteiger partial charge on any atom is 0.225 e. The number of carbonyl (C=O) groups excluding carboxylic acids is 1. The summed E-state index contributed by atoms with van der Waals surface area (Å²) in [7, 11) is 0. The molecule has 0 aliphatic carbocycles. The Hall–Kier alpha value is -3.48. The van der Waals surface area contributed by atoms with Crippen LogP contribution < -0.4 is 4.90 Å². The van der Waals surface area contributed by atoms with Crippen LogP contribution in [-0.4, -0.2) is 56.6 Å². The van der Waals surface area contributed by atoms with Crippen molar-refractivity contribution in [2.45, 2.75) is 20.3 Å². The van der Waals surface area contributed by atoms with Crippen molar-refractivity contribution in [2.75, 3.05) is 31.1 Å². The summed E-state index contributed by atoms with van der Waals surface area (Å²) < 4.78 is 2.07. The summed E-state index contributed by atoms with van der Waals surface area (Å²) in [5.41, 5.74) is 2.70. The van der Waals surface area contributed by atoms with E-state index in [2.05, 4.69) is 19.5 Å². The number of nitrogens with zero attached hydrogens (tertiary/aromatic N) is 6. The van der Waals surface area contributed by atoms with Crippen LogP contribution in [-0.2, 0) is 4.79 Å². The fourth-order valence-corrected chi connectivity index (χ4v) is 4.26. The van der Waals surface area contributed by atoms with E-state index >= 15 is 0 Å². The molecule has 1 amide bonds. The van der Waals surface area contributed by atoms with E-state index in [0.717, 1.165) is 59.9 Å². The van der Waals surface area contributed by atoms with Crippen LogP contribution in [0.3, 0.4) is 0 Å². The van der Waals surface area contributed by atoms with Crippen molar-refractivity contribution in [3.8, 4) is 11.4 Å². The molecule has 0 saturated carbocycles. The second-order valence-corrected chi connectivity index (χ2v) is 8.30. The molecule has 0 spiro atoms. The van der Waals surface area contributed by atoms with Gasteiger partial charge in [-0.25, -0.2) is 9.38 Å². The molecule has 31 heavy (non-hydrogen) atoms. The molecular formula is C24H26N6O. The molecule has 0 N–H and O–H groups in total. The Kier molecular flexibility index (Phi) is 5.02. The predicted octanol–water partition coefficient (Wildman–Crippen LogP) is 3.64. The number of aromatic nitrogens is 4. The van der Waals surface area contributed by atoms with Gasteiger partial charge in [0.05, 0.1) is 5.52 Å². The number of para-hydroxylation sites is 1. The minimum atomic E-state index is 0.0135. The lowest BCUT2D eigenvalue weighted by Gasteiger charge is -2.25. The standard InChI is InChI=1S/C24H26N6O/c1-17(2)23(31)28-13-8-14-29(16-15-28)24-25-20-12-7-6-11-19(20)22-27-26-21(30(22)24)18-9-4-3-5-10-18/h3-7,9-12,17H,8,13-16H2,1-2H3. The summed E-state index contributed by atoms with van der Waals surface area (Å²) in [5.74, 6) is 1.84. The van der Waals surface area contributed by atoms with E-state index in [1.165, 1.54) is 0 Å². The highest BCUT2D eigenvalue weighted by Gasteiger charge is 2.25. The van der Waals surface area contributed by atoms with Gasteiger partial charge in [-0.3, -0.25) is 4.79 Å². The Bertz CT molecular complexity index is 1230. The zero-order valence-corrected chi connectivity index (χ0v) is 17.9. The number of fused-ring (bicyclic) bond motifs is 3. The summed E-state index contributed by atoms with van der Waals surface area (Å²) in [5, 5.41) is 10.1. The molecule has 7 heteroatoms. The van der Waals surface area contributed by atoms with Gasteiger partial charge in [0.1, 0.15) is 0 Å². The van der Waals surface area contributed by atoms with Gasteiger partial charge >= 0.3 is 0 Å². The van der Waals surface area contributed by atoms with Crippen LogP contribution in [0.1, 0.15) is 20.3 Å². The first-order valence-corrected chi connectivity index (χ1v) is 10.9. The average Bonchev–Trinajstić information content (AvgIpc) is 3.10. The number of amides is 1. The highest BCUT2D eigenvalue weighted by molar-refractivity contribution is 5.93. The fourth-order valence-electron chi connectivity index (χ4n) is 4.26. The number of rotatable bonds is 3. The Morgan fingerprint density at radius 1 is 0.903 bits per heavy atom. The maximum atomic E-state index is 12.5. The monoisotopic (exact) mass is 414 g/mol. The minimum absolute atomic E-state index is 0.0135. The molecular weight excluding hydrogens is 388 g/mol. The van der Waals surface area contributed by atoms with E-state index in [1.54, 1.807) is 0 Å². The van der Waals surface area contributed by atoms with Crippen LogP contribution in [0.25, 0.3) is 27.9 Å². The van der Waals surface area contributed by atoms with E-state index in [-0.39, 0.29) is 11.8 Å². The topological polar surface area (TPSA) is 66.6 Å². The largest absolute Gasteiger partial charge is 0.341 e. The summed E-state index contributed by atoms with van der Waals surface area (Å²) in [6, 6.07) is 18.1. The summed E-state index contributed by atoms with van der Waals surface area (Å²) in [4.78, 5) is 21.8. The molecule has 5 rings (SSSR count). The van der Waals surface area contributed by atoms with Gasteiger partial charge in [0.25, 0.3) is 0 Å². The van der Waals surface area contributed by atoms with Crippen molar-refractivity contribution in [3.05, 3.63) is 54.6 Å². The highest BCUT2D eigenvalue weighted by Crippen LogP contribution is 2.28. The molecule has 0 unspecified atom stereocenters. The Morgan fingerprint density at radius 3 is 2.48 bits per heavy atom. The third-order valence-corrected chi connectivity index (χ3v) is 5.84. The van der Waals surface area contributed by atoms with Crippen molar-refractivity contribution >= 4 is 28.4 Å². The van der Waals surface area contributed by atoms with Crippen molar-refractivity contribution < 1.29 is 4.79 Å². The van der Waals surface area contributed by atoms with Crippen molar-refractivity contribution in [1.29, 1.82) is 0 Å². The van der Waals surface area contributed by atoms with Gasteiger partial charge in [0.2, 0.25) is 11.9 Å². The second kappa shape index (κ2) is 7.98. The van der Waals surface area contributed by atoms with Gasteiger partial charge in [-0.1, -0.05) is 56.3 Å². The number of anilines is 1.